The summed E-state index contributed by atoms with van der Waals surface area (Å²) in [6, 6.07) is 0. The number of primary amides is 1. The highest BCUT2D eigenvalue weighted by Gasteiger charge is 2.44. The van der Waals surface area contributed by atoms with Crippen LogP contribution < -0.4 is 11.5 Å². The van der Waals surface area contributed by atoms with Gasteiger partial charge in [0, 0.05) is 0 Å². The van der Waals surface area contributed by atoms with Gasteiger partial charge in [-0.1, -0.05) is 0 Å². The van der Waals surface area contributed by atoms with Gasteiger partial charge in [-0.3, -0.25) is 9.36 Å². The van der Waals surface area contributed by atoms with Crippen LogP contribution in [0, 0.1) is 0 Å². The third-order valence-electron chi connectivity index (χ3n) is 3.64. The first kappa shape index (κ1) is 15.6. The molecule has 11 heteroatoms. The van der Waals surface area contributed by atoms with Crippen molar-refractivity contribution in [2.75, 3.05) is 12.3 Å². The van der Waals surface area contributed by atoms with Crippen molar-refractivity contribution in [3.8, 4) is 0 Å². The lowest BCUT2D eigenvalue weighted by molar-refractivity contribution is -0.117. The summed E-state index contributed by atoms with van der Waals surface area (Å²) in [6.07, 6.45) is -3.34. The van der Waals surface area contributed by atoms with E-state index < -0.39 is 37.1 Å². The van der Waals surface area contributed by atoms with E-state index in [9.17, 15) is 15.0 Å². The molecule has 7 N–H and O–H groups in total. The molecule has 1 aliphatic rings. The average molecular weight is 324 g/mol. The number of nitrogens with two attached hydrogens (primary N) is 2. The maximum atomic E-state index is 11.1. The molecule has 1 aliphatic heterocycles. The average Bonchev–Trinajstić information content (AvgIpc) is 3.01. The lowest BCUT2D eigenvalue weighted by Gasteiger charge is -2.16. The highest BCUT2D eigenvalue weighted by atomic mass is 16.6. The lowest BCUT2D eigenvalue weighted by atomic mass is 10.1. The number of amides is 1. The zero-order valence-corrected chi connectivity index (χ0v) is 11.9. The largest absolute Gasteiger partial charge is 0.394 e. The van der Waals surface area contributed by atoms with E-state index in [1.165, 1.54) is 10.9 Å². The van der Waals surface area contributed by atoms with Gasteiger partial charge < -0.3 is 31.5 Å². The highest BCUT2D eigenvalue weighted by Crippen LogP contribution is 2.31. The number of rotatable bonds is 4. The SMILES string of the molecule is NC(=O)Cc1nc(N)nc2c1ncn2C1O[C@H](CO)[C@@H](O)[C@H]1O. The Balaban J connectivity index is 2.06. The fourth-order valence-corrected chi connectivity index (χ4v) is 2.58. The molecule has 0 aromatic carbocycles. The van der Waals surface area contributed by atoms with Crippen molar-refractivity contribution in [1.82, 2.24) is 19.5 Å². The highest BCUT2D eigenvalue weighted by molar-refractivity contribution is 5.83. The van der Waals surface area contributed by atoms with Gasteiger partial charge in [0.15, 0.2) is 11.9 Å². The number of anilines is 1. The van der Waals surface area contributed by atoms with Gasteiger partial charge in [0.25, 0.3) is 0 Å². The summed E-state index contributed by atoms with van der Waals surface area (Å²) in [5.74, 6) is -0.700. The second-order valence-corrected chi connectivity index (χ2v) is 5.22. The molecule has 2 aromatic rings. The topological polar surface area (TPSA) is 183 Å². The molecule has 23 heavy (non-hydrogen) atoms. The van der Waals surface area contributed by atoms with Crippen LogP contribution in [-0.2, 0) is 16.0 Å². The van der Waals surface area contributed by atoms with Crippen LogP contribution >= 0.6 is 0 Å². The molecule has 4 atom stereocenters. The van der Waals surface area contributed by atoms with Crippen molar-refractivity contribution in [2.24, 2.45) is 5.73 Å². The van der Waals surface area contributed by atoms with Crippen LogP contribution in [0.3, 0.4) is 0 Å². The number of hydrogen-bond donors (Lipinski definition) is 5. The summed E-state index contributed by atoms with van der Waals surface area (Å²) >= 11 is 0. The minimum atomic E-state index is -1.29. The molecule has 1 fully saturated rings. The van der Waals surface area contributed by atoms with Gasteiger partial charge in [-0.05, 0) is 0 Å². The van der Waals surface area contributed by atoms with E-state index in [1.807, 2.05) is 0 Å². The molecule has 0 bridgehead atoms. The molecule has 0 radical (unpaired) electrons. The summed E-state index contributed by atoms with van der Waals surface area (Å²) in [6.45, 7) is -0.453. The number of carbonyl (C=O) groups is 1. The second-order valence-electron chi connectivity index (χ2n) is 5.22. The van der Waals surface area contributed by atoms with Gasteiger partial charge in [-0.25, -0.2) is 9.97 Å². The number of hydrogen-bond acceptors (Lipinski definition) is 9. The Labute approximate surface area is 129 Å². The number of aliphatic hydroxyl groups excluding tert-OH is 3. The molecule has 11 nitrogen and oxygen atoms in total. The van der Waals surface area contributed by atoms with Crippen molar-refractivity contribution in [2.45, 2.75) is 31.0 Å². The first-order valence-corrected chi connectivity index (χ1v) is 6.82. The van der Waals surface area contributed by atoms with Crippen molar-refractivity contribution in [3.63, 3.8) is 0 Å². The summed E-state index contributed by atoms with van der Waals surface area (Å²) in [5.41, 5.74) is 11.6. The Kier molecular flexibility index (Phi) is 3.85. The number of carbonyl (C=O) groups excluding carboxylic acids is 1. The van der Waals surface area contributed by atoms with Gasteiger partial charge in [0.1, 0.15) is 23.8 Å². The fourth-order valence-electron chi connectivity index (χ4n) is 2.58. The number of nitrogens with zero attached hydrogens (tertiary/aromatic N) is 4. The van der Waals surface area contributed by atoms with E-state index in [4.69, 9.17) is 21.3 Å². The van der Waals surface area contributed by atoms with Crippen molar-refractivity contribution in [1.29, 1.82) is 0 Å². The third-order valence-corrected chi connectivity index (χ3v) is 3.64. The minimum Gasteiger partial charge on any atom is -0.394 e. The fraction of sp³-hybridized carbons (Fsp3) is 0.500. The van der Waals surface area contributed by atoms with Crippen LogP contribution in [0.5, 0.6) is 0 Å². The number of aromatic nitrogens is 4. The van der Waals surface area contributed by atoms with E-state index in [-0.39, 0.29) is 29.2 Å². The van der Waals surface area contributed by atoms with Gasteiger partial charge in [-0.2, -0.15) is 4.98 Å². The Morgan fingerprint density at radius 3 is 2.70 bits per heavy atom. The monoisotopic (exact) mass is 324 g/mol. The normalized spacial score (nSPS) is 27.6. The molecule has 3 rings (SSSR count). The smallest absolute Gasteiger partial charge is 0.223 e. The number of imidazole rings is 1. The van der Waals surface area contributed by atoms with Crippen LogP contribution in [0.15, 0.2) is 6.33 Å². The molecule has 1 amide bonds. The van der Waals surface area contributed by atoms with Gasteiger partial charge in [0.05, 0.1) is 25.0 Å². The van der Waals surface area contributed by atoms with Crippen molar-refractivity contribution in [3.05, 3.63) is 12.0 Å². The summed E-state index contributed by atoms with van der Waals surface area (Å²) in [5, 5.41) is 29.1. The van der Waals surface area contributed by atoms with Crippen LogP contribution in [0.1, 0.15) is 11.9 Å². The number of nitrogen functional groups attached to an aromatic ring is 1. The molecule has 3 heterocycles. The van der Waals surface area contributed by atoms with Gasteiger partial charge >= 0.3 is 0 Å². The van der Waals surface area contributed by atoms with Crippen molar-refractivity contribution < 1.29 is 24.9 Å². The molecule has 124 valence electrons. The van der Waals surface area contributed by atoms with Gasteiger partial charge in [0.2, 0.25) is 11.9 Å². The molecular weight excluding hydrogens is 308 g/mol. The van der Waals surface area contributed by atoms with Crippen LogP contribution in [0.2, 0.25) is 0 Å². The zero-order chi connectivity index (χ0) is 16.7. The Bertz CT molecular complexity index is 749. The van der Waals surface area contributed by atoms with Gasteiger partial charge in [-0.15, -0.1) is 0 Å². The first-order valence-electron chi connectivity index (χ1n) is 6.82. The summed E-state index contributed by atoms with van der Waals surface area (Å²) in [4.78, 5) is 23.2. The van der Waals surface area contributed by atoms with E-state index in [0.717, 1.165) is 0 Å². The maximum absolute atomic E-state index is 11.1. The summed E-state index contributed by atoms with van der Waals surface area (Å²) in [7, 11) is 0. The molecule has 2 aromatic heterocycles. The minimum absolute atomic E-state index is 0.0951. The number of aliphatic hydroxyl groups is 3. The molecule has 0 spiro atoms. The Morgan fingerprint density at radius 1 is 1.35 bits per heavy atom. The Hall–Kier alpha value is -2.34. The molecule has 1 saturated heterocycles. The van der Waals surface area contributed by atoms with E-state index in [2.05, 4.69) is 15.0 Å². The second kappa shape index (κ2) is 5.70. The first-order chi connectivity index (χ1) is 10.9. The molecular formula is C12H16N6O5. The predicted molar refractivity (Wildman–Crippen MR) is 75.6 cm³/mol. The molecule has 1 unspecified atom stereocenters. The van der Waals surface area contributed by atoms with E-state index in [0.29, 0.717) is 0 Å². The number of ether oxygens (including phenoxy) is 1. The summed E-state index contributed by atoms with van der Waals surface area (Å²) < 4.78 is 6.79. The Morgan fingerprint density at radius 2 is 2.09 bits per heavy atom. The van der Waals surface area contributed by atoms with Crippen LogP contribution in [0.4, 0.5) is 5.95 Å². The van der Waals surface area contributed by atoms with Crippen LogP contribution in [0.25, 0.3) is 11.2 Å². The quantitative estimate of drug-likeness (QED) is 0.392. The zero-order valence-electron chi connectivity index (χ0n) is 11.9. The van der Waals surface area contributed by atoms with E-state index in [1.54, 1.807) is 0 Å². The molecule has 0 aliphatic carbocycles. The van der Waals surface area contributed by atoms with Crippen LogP contribution in [-0.4, -0.2) is 65.7 Å². The standard InChI is InChI=1S/C12H16N6O5/c13-6(20)1-4-7-10(17-12(14)16-4)18(3-15-7)11-9(22)8(21)5(2-19)23-11/h3,5,8-9,11,19,21-22H,1-2H2,(H2,13,20)(H2,14,16,17)/t5-,8-,9-,11?/m1/s1. The number of fused-ring (bicyclic) bond motifs is 1. The van der Waals surface area contributed by atoms with Crippen molar-refractivity contribution >= 4 is 23.0 Å². The lowest BCUT2D eigenvalue weighted by Crippen LogP contribution is -2.33. The predicted octanol–water partition coefficient (Wildman–Crippen LogP) is -2.95. The molecule has 0 saturated carbocycles. The maximum Gasteiger partial charge on any atom is 0.223 e. The van der Waals surface area contributed by atoms with E-state index >= 15 is 0 Å². The third kappa shape index (κ3) is 2.59.